The Kier molecular flexibility index (Phi) is 3.81. The van der Waals surface area contributed by atoms with Crippen LogP contribution in [-0.4, -0.2) is 23.9 Å². The molecule has 0 radical (unpaired) electrons. The van der Waals surface area contributed by atoms with E-state index in [-0.39, 0.29) is 5.91 Å². The maximum atomic E-state index is 11.8. The van der Waals surface area contributed by atoms with Gasteiger partial charge >= 0.3 is 0 Å². The molecule has 1 aromatic rings. The average Bonchev–Trinajstić information content (AvgIpc) is 2.83. The molecule has 0 N–H and O–H groups in total. The van der Waals surface area contributed by atoms with Gasteiger partial charge in [-0.25, -0.2) is 0 Å². The van der Waals surface area contributed by atoms with Gasteiger partial charge < -0.3 is 9.32 Å². The Bertz CT molecular complexity index is 348. The maximum Gasteiger partial charge on any atom is 0.226 e. The summed E-state index contributed by atoms with van der Waals surface area (Å²) in [5, 5.41) is 0. The second-order valence-corrected chi connectivity index (χ2v) is 4.06. The lowest BCUT2D eigenvalue weighted by molar-refractivity contribution is -0.131. The molecule has 1 saturated heterocycles. The number of piperidine rings is 1. The summed E-state index contributed by atoms with van der Waals surface area (Å²) in [6.45, 7) is 1.85. The minimum Gasteiger partial charge on any atom is -0.465 e. The predicted octanol–water partition coefficient (Wildman–Crippen LogP) is 2.70. The SMILES string of the molecule is O=C(C/C=C/c1ccco1)N1CCCCC1. The minimum absolute atomic E-state index is 0.225. The van der Waals surface area contributed by atoms with Gasteiger partial charge in [0.25, 0.3) is 0 Å². The summed E-state index contributed by atoms with van der Waals surface area (Å²) in [7, 11) is 0. The summed E-state index contributed by atoms with van der Waals surface area (Å²) in [6.07, 6.45) is 9.37. The lowest BCUT2D eigenvalue weighted by Crippen LogP contribution is -2.35. The minimum atomic E-state index is 0.225. The Labute approximate surface area is 95.7 Å². The third-order valence-corrected chi connectivity index (χ3v) is 2.83. The molecule has 1 aliphatic heterocycles. The highest BCUT2D eigenvalue weighted by molar-refractivity contribution is 5.78. The van der Waals surface area contributed by atoms with E-state index in [9.17, 15) is 4.79 Å². The van der Waals surface area contributed by atoms with E-state index >= 15 is 0 Å². The molecule has 0 aromatic carbocycles. The number of carbonyl (C=O) groups excluding carboxylic acids is 1. The van der Waals surface area contributed by atoms with Crippen LogP contribution in [0.2, 0.25) is 0 Å². The molecule has 2 rings (SSSR count). The molecule has 0 unspecified atom stereocenters. The Morgan fingerprint density at radius 3 is 2.88 bits per heavy atom. The van der Waals surface area contributed by atoms with E-state index in [4.69, 9.17) is 4.42 Å². The highest BCUT2D eigenvalue weighted by Crippen LogP contribution is 2.10. The van der Waals surface area contributed by atoms with Crippen molar-refractivity contribution in [2.75, 3.05) is 13.1 Å². The molecule has 1 amide bonds. The van der Waals surface area contributed by atoms with Crippen LogP contribution in [0.5, 0.6) is 0 Å². The summed E-state index contributed by atoms with van der Waals surface area (Å²) in [4.78, 5) is 13.7. The lowest BCUT2D eigenvalue weighted by Gasteiger charge is -2.26. The van der Waals surface area contributed by atoms with Crippen LogP contribution in [0.25, 0.3) is 6.08 Å². The number of amides is 1. The maximum absolute atomic E-state index is 11.8. The molecule has 1 fully saturated rings. The first-order chi connectivity index (χ1) is 7.86. The summed E-state index contributed by atoms with van der Waals surface area (Å²) < 4.78 is 5.15. The first-order valence-electron chi connectivity index (χ1n) is 5.84. The van der Waals surface area contributed by atoms with Crippen molar-refractivity contribution in [3.63, 3.8) is 0 Å². The molecule has 0 saturated carbocycles. The largest absolute Gasteiger partial charge is 0.465 e. The van der Waals surface area contributed by atoms with Crippen LogP contribution >= 0.6 is 0 Å². The molecule has 0 spiro atoms. The lowest BCUT2D eigenvalue weighted by atomic mass is 10.1. The van der Waals surface area contributed by atoms with E-state index in [1.54, 1.807) is 6.26 Å². The zero-order chi connectivity index (χ0) is 11.2. The van der Waals surface area contributed by atoms with Gasteiger partial charge in [-0.1, -0.05) is 6.08 Å². The molecule has 16 heavy (non-hydrogen) atoms. The van der Waals surface area contributed by atoms with Crippen molar-refractivity contribution in [2.24, 2.45) is 0 Å². The second kappa shape index (κ2) is 5.54. The molecule has 3 nitrogen and oxygen atoms in total. The fourth-order valence-electron chi connectivity index (χ4n) is 1.93. The Hall–Kier alpha value is -1.51. The molecule has 1 aliphatic rings. The van der Waals surface area contributed by atoms with Crippen molar-refractivity contribution in [2.45, 2.75) is 25.7 Å². The highest BCUT2D eigenvalue weighted by atomic mass is 16.3. The van der Waals surface area contributed by atoms with Gasteiger partial charge in [-0.2, -0.15) is 0 Å². The van der Waals surface area contributed by atoms with Crippen LogP contribution in [0.3, 0.4) is 0 Å². The van der Waals surface area contributed by atoms with Crippen LogP contribution < -0.4 is 0 Å². The normalized spacial score (nSPS) is 16.9. The highest BCUT2D eigenvalue weighted by Gasteiger charge is 2.14. The second-order valence-electron chi connectivity index (χ2n) is 4.06. The van der Waals surface area contributed by atoms with Crippen molar-refractivity contribution in [1.29, 1.82) is 0 Å². The van der Waals surface area contributed by atoms with Gasteiger partial charge in [-0.3, -0.25) is 4.79 Å². The predicted molar refractivity (Wildman–Crippen MR) is 62.8 cm³/mol. The molecular weight excluding hydrogens is 202 g/mol. The van der Waals surface area contributed by atoms with E-state index in [1.165, 1.54) is 6.42 Å². The van der Waals surface area contributed by atoms with Gasteiger partial charge in [0.1, 0.15) is 5.76 Å². The molecule has 0 atom stereocenters. The zero-order valence-electron chi connectivity index (χ0n) is 9.39. The standard InChI is InChI=1S/C13H17NO2/c15-13(14-9-2-1-3-10-14)8-4-6-12-7-5-11-16-12/h4-7,11H,1-3,8-10H2/b6-4+. The van der Waals surface area contributed by atoms with Gasteiger partial charge in [0.05, 0.1) is 6.26 Å². The first kappa shape index (κ1) is 11.0. The molecule has 86 valence electrons. The topological polar surface area (TPSA) is 33.5 Å². The molecule has 0 aliphatic carbocycles. The van der Waals surface area contributed by atoms with Crippen LogP contribution in [0.15, 0.2) is 28.9 Å². The molecule has 3 heteroatoms. The summed E-state index contributed by atoms with van der Waals surface area (Å²) in [5.74, 6) is 1.02. The van der Waals surface area contributed by atoms with E-state index in [1.807, 2.05) is 29.2 Å². The molecular formula is C13H17NO2. The van der Waals surface area contributed by atoms with Crippen molar-refractivity contribution < 1.29 is 9.21 Å². The van der Waals surface area contributed by atoms with Crippen LogP contribution in [0, 0.1) is 0 Å². The van der Waals surface area contributed by atoms with Gasteiger partial charge in [-0.05, 0) is 37.5 Å². The number of likely N-dealkylation sites (tertiary alicyclic amines) is 1. The Morgan fingerprint density at radius 1 is 1.38 bits per heavy atom. The van der Waals surface area contributed by atoms with Crippen molar-refractivity contribution >= 4 is 12.0 Å². The third-order valence-electron chi connectivity index (χ3n) is 2.83. The van der Waals surface area contributed by atoms with E-state index in [0.29, 0.717) is 6.42 Å². The fraction of sp³-hybridized carbons (Fsp3) is 0.462. The average molecular weight is 219 g/mol. The monoisotopic (exact) mass is 219 g/mol. The quantitative estimate of drug-likeness (QED) is 0.783. The molecule has 2 heterocycles. The van der Waals surface area contributed by atoms with E-state index in [2.05, 4.69) is 0 Å². The number of furan rings is 1. The number of carbonyl (C=O) groups is 1. The number of hydrogen-bond donors (Lipinski definition) is 0. The molecule has 1 aromatic heterocycles. The molecule has 0 bridgehead atoms. The number of hydrogen-bond acceptors (Lipinski definition) is 2. The number of nitrogens with zero attached hydrogens (tertiary/aromatic N) is 1. The van der Waals surface area contributed by atoms with Gasteiger partial charge in [0, 0.05) is 19.5 Å². The summed E-state index contributed by atoms with van der Waals surface area (Å²) >= 11 is 0. The van der Waals surface area contributed by atoms with Crippen molar-refractivity contribution in [1.82, 2.24) is 4.90 Å². The smallest absolute Gasteiger partial charge is 0.226 e. The van der Waals surface area contributed by atoms with Crippen LogP contribution in [0.1, 0.15) is 31.4 Å². The van der Waals surface area contributed by atoms with E-state index < -0.39 is 0 Å². The Balaban J connectivity index is 1.78. The third kappa shape index (κ3) is 2.99. The van der Waals surface area contributed by atoms with Gasteiger partial charge in [0.2, 0.25) is 5.91 Å². The van der Waals surface area contributed by atoms with Crippen molar-refractivity contribution in [3.8, 4) is 0 Å². The van der Waals surface area contributed by atoms with E-state index in [0.717, 1.165) is 31.7 Å². The van der Waals surface area contributed by atoms with Gasteiger partial charge in [-0.15, -0.1) is 0 Å². The fourth-order valence-corrected chi connectivity index (χ4v) is 1.93. The van der Waals surface area contributed by atoms with Crippen LogP contribution in [0.4, 0.5) is 0 Å². The zero-order valence-corrected chi connectivity index (χ0v) is 9.39. The van der Waals surface area contributed by atoms with Crippen LogP contribution in [-0.2, 0) is 4.79 Å². The van der Waals surface area contributed by atoms with Gasteiger partial charge in [0.15, 0.2) is 0 Å². The summed E-state index contributed by atoms with van der Waals surface area (Å²) in [6, 6.07) is 3.72. The first-order valence-corrected chi connectivity index (χ1v) is 5.84. The number of rotatable bonds is 3. The Morgan fingerprint density at radius 2 is 2.19 bits per heavy atom. The van der Waals surface area contributed by atoms with Crippen molar-refractivity contribution in [3.05, 3.63) is 30.2 Å². The summed E-state index contributed by atoms with van der Waals surface area (Å²) in [5.41, 5.74) is 0.